The highest BCUT2D eigenvalue weighted by Crippen LogP contribution is 2.43. The minimum Gasteiger partial charge on any atom is -0.379 e. The van der Waals surface area contributed by atoms with Gasteiger partial charge in [0.05, 0.1) is 24.5 Å². The molecule has 5 rings (SSSR count). The van der Waals surface area contributed by atoms with Crippen molar-refractivity contribution in [3.8, 4) is 0 Å². The molecular formula is C22H20F3N5O3. The first-order valence-corrected chi connectivity index (χ1v) is 10.2. The van der Waals surface area contributed by atoms with Gasteiger partial charge in [-0.2, -0.15) is 13.2 Å². The molecule has 1 atom stereocenters. The molecule has 0 spiro atoms. The summed E-state index contributed by atoms with van der Waals surface area (Å²) < 4.78 is 48.2. The average Bonchev–Trinajstić information content (AvgIpc) is 3.32. The van der Waals surface area contributed by atoms with Crippen LogP contribution in [0.25, 0.3) is 0 Å². The molecule has 3 aliphatic heterocycles. The number of fused-ring (bicyclic) bond motifs is 1. The maximum Gasteiger partial charge on any atom is 0.418 e. The SMILES string of the molecule is Cn1cnnc1CC1(c2cccc(N3C=C4C(C(F)(F)F)=CC(C=O)=CN4C3O)c2)COC1. The molecule has 1 saturated heterocycles. The Labute approximate surface area is 186 Å². The van der Waals surface area contributed by atoms with E-state index < -0.39 is 18.1 Å². The van der Waals surface area contributed by atoms with Gasteiger partial charge in [-0.15, -0.1) is 10.2 Å². The van der Waals surface area contributed by atoms with Crippen LogP contribution >= 0.6 is 0 Å². The van der Waals surface area contributed by atoms with E-state index in [-0.39, 0.29) is 16.7 Å². The molecule has 0 saturated carbocycles. The van der Waals surface area contributed by atoms with Crippen LogP contribution < -0.4 is 4.90 Å². The van der Waals surface area contributed by atoms with Crippen LogP contribution in [0.3, 0.4) is 0 Å². The number of carbonyl (C=O) groups excluding carboxylic acids is 1. The van der Waals surface area contributed by atoms with Crippen molar-refractivity contribution < 1.29 is 27.8 Å². The van der Waals surface area contributed by atoms with Crippen molar-refractivity contribution in [1.82, 2.24) is 19.7 Å². The molecule has 4 heterocycles. The molecule has 3 aliphatic rings. The third-order valence-electron chi connectivity index (χ3n) is 6.17. The number of halogens is 3. The number of hydrogen-bond acceptors (Lipinski definition) is 7. The summed E-state index contributed by atoms with van der Waals surface area (Å²) in [6, 6.07) is 7.26. The van der Waals surface area contributed by atoms with Gasteiger partial charge in [0.25, 0.3) is 0 Å². The Hall–Kier alpha value is -3.44. The smallest absolute Gasteiger partial charge is 0.379 e. The van der Waals surface area contributed by atoms with Crippen molar-refractivity contribution in [2.75, 3.05) is 18.1 Å². The molecule has 11 heteroatoms. The molecule has 2 aromatic rings. The molecule has 1 fully saturated rings. The number of aliphatic hydroxyl groups is 1. The fourth-order valence-electron chi connectivity index (χ4n) is 4.29. The Morgan fingerprint density at radius 1 is 1.27 bits per heavy atom. The standard InChI is InChI=1S/C22H20F3N5O3/c1-28-13-26-27-19(28)7-21(11-33-12-21)15-3-2-4-16(6-15)29-9-18-17(22(23,24)25)5-14(10-31)8-30(18)20(29)32/h2-6,8-10,13,20,32H,7,11-12H2,1H3. The highest BCUT2D eigenvalue weighted by atomic mass is 19.4. The molecule has 1 unspecified atom stereocenters. The van der Waals surface area contributed by atoms with Crippen molar-refractivity contribution >= 4 is 12.0 Å². The van der Waals surface area contributed by atoms with Crippen LogP contribution in [0.5, 0.6) is 0 Å². The first-order chi connectivity index (χ1) is 15.7. The molecule has 0 radical (unpaired) electrons. The van der Waals surface area contributed by atoms with Crippen molar-refractivity contribution in [3.63, 3.8) is 0 Å². The molecule has 172 valence electrons. The Balaban J connectivity index is 1.50. The summed E-state index contributed by atoms with van der Waals surface area (Å²) in [5.74, 6) is 0.788. The number of ether oxygens (including phenoxy) is 1. The van der Waals surface area contributed by atoms with E-state index in [4.69, 9.17) is 4.74 Å². The van der Waals surface area contributed by atoms with Crippen LogP contribution in [0.4, 0.5) is 18.9 Å². The first-order valence-electron chi connectivity index (χ1n) is 10.2. The van der Waals surface area contributed by atoms with Crippen LogP contribution in [0.1, 0.15) is 11.4 Å². The second-order valence-corrected chi connectivity index (χ2v) is 8.34. The lowest BCUT2D eigenvalue weighted by Crippen LogP contribution is -2.49. The van der Waals surface area contributed by atoms with Gasteiger partial charge in [0.15, 0.2) is 6.29 Å². The van der Waals surface area contributed by atoms with Crippen LogP contribution in [-0.2, 0) is 28.4 Å². The van der Waals surface area contributed by atoms with Gasteiger partial charge in [-0.05, 0) is 23.8 Å². The van der Waals surface area contributed by atoms with Gasteiger partial charge in [-0.25, -0.2) is 0 Å². The van der Waals surface area contributed by atoms with E-state index in [9.17, 15) is 23.1 Å². The highest BCUT2D eigenvalue weighted by Gasteiger charge is 2.45. The van der Waals surface area contributed by atoms with Crippen molar-refractivity contribution in [3.05, 3.63) is 77.3 Å². The topological polar surface area (TPSA) is 83.7 Å². The van der Waals surface area contributed by atoms with E-state index >= 15 is 0 Å². The van der Waals surface area contributed by atoms with E-state index in [2.05, 4.69) is 10.2 Å². The fourth-order valence-corrected chi connectivity index (χ4v) is 4.29. The summed E-state index contributed by atoms with van der Waals surface area (Å²) in [5.41, 5.74) is -0.330. The van der Waals surface area contributed by atoms with Crippen molar-refractivity contribution in [2.45, 2.75) is 24.4 Å². The number of rotatable bonds is 5. The maximum absolute atomic E-state index is 13.6. The number of carbonyl (C=O) groups is 1. The Morgan fingerprint density at radius 3 is 2.67 bits per heavy atom. The first kappa shape index (κ1) is 21.4. The number of allylic oxidation sites excluding steroid dienone is 3. The molecular weight excluding hydrogens is 439 g/mol. The number of nitrogens with zero attached hydrogens (tertiary/aromatic N) is 5. The fraction of sp³-hybridized carbons (Fsp3) is 0.318. The molecule has 33 heavy (non-hydrogen) atoms. The molecule has 8 nitrogen and oxygen atoms in total. The Morgan fingerprint density at radius 2 is 2.06 bits per heavy atom. The third kappa shape index (κ3) is 3.53. The lowest BCUT2D eigenvalue weighted by Gasteiger charge is -2.42. The second kappa shape index (κ2) is 7.56. The second-order valence-electron chi connectivity index (χ2n) is 8.34. The zero-order valence-corrected chi connectivity index (χ0v) is 17.5. The third-order valence-corrected chi connectivity index (χ3v) is 6.17. The highest BCUT2D eigenvalue weighted by molar-refractivity contribution is 5.79. The normalized spacial score (nSPS) is 21.7. The zero-order valence-electron chi connectivity index (χ0n) is 17.5. The van der Waals surface area contributed by atoms with E-state index in [1.54, 1.807) is 18.5 Å². The van der Waals surface area contributed by atoms with E-state index in [1.807, 2.05) is 23.7 Å². The Bertz CT molecular complexity index is 1200. The van der Waals surface area contributed by atoms with E-state index in [1.165, 1.54) is 17.3 Å². The van der Waals surface area contributed by atoms with Gasteiger partial charge in [0.2, 0.25) is 6.35 Å². The molecule has 0 amide bonds. The van der Waals surface area contributed by atoms with Gasteiger partial charge >= 0.3 is 6.18 Å². The average molecular weight is 459 g/mol. The van der Waals surface area contributed by atoms with Gasteiger partial charge < -0.3 is 24.2 Å². The molecule has 0 aliphatic carbocycles. The maximum atomic E-state index is 13.6. The summed E-state index contributed by atoms with van der Waals surface area (Å²) in [4.78, 5) is 13.6. The van der Waals surface area contributed by atoms with Gasteiger partial charge in [-0.1, -0.05) is 12.1 Å². The van der Waals surface area contributed by atoms with Gasteiger partial charge in [0.1, 0.15) is 12.2 Å². The number of benzene rings is 1. The van der Waals surface area contributed by atoms with E-state index in [0.717, 1.165) is 22.4 Å². The minimum absolute atomic E-state index is 0.177. The number of aryl methyl sites for hydroxylation is 1. The predicted molar refractivity (Wildman–Crippen MR) is 110 cm³/mol. The zero-order chi connectivity index (χ0) is 23.4. The molecule has 0 bridgehead atoms. The van der Waals surface area contributed by atoms with E-state index in [0.29, 0.717) is 31.6 Å². The van der Waals surface area contributed by atoms with Crippen LogP contribution in [0.15, 0.2) is 65.9 Å². The molecule has 1 aromatic carbocycles. The number of hydrogen-bond donors (Lipinski definition) is 1. The lowest BCUT2D eigenvalue weighted by atomic mass is 9.75. The lowest BCUT2D eigenvalue weighted by molar-refractivity contribution is -0.104. The number of aromatic nitrogens is 3. The predicted octanol–water partition coefficient (Wildman–Crippen LogP) is 2.15. The summed E-state index contributed by atoms with van der Waals surface area (Å²) in [6.07, 6.45) is -0.374. The van der Waals surface area contributed by atoms with Crippen molar-refractivity contribution in [1.29, 1.82) is 0 Å². The van der Waals surface area contributed by atoms with Gasteiger partial charge in [-0.3, -0.25) is 4.79 Å². The molecule has 1 aromatic heterocycles. The number of aldehydes is 1. The number of alkyl halides is 3. The summed E-state index contributed by atoms with van der Waals surface area (Å²) >= 11 is 0. The van der Waals surface area contributed by atoms with Crippen LogP contribution in [0, 0.1) is 0 Å². The van der Waals surface area contributed by atoms with Crippen LogP contribution in [-0.4, -0.2) is 56.8 Å². The van der Waals surface area contributed by atoms with Crippen LogP contribution in [0.2, 0.25) is 0 Å². The van der Waals surface area contributed by atoms with Gasteiger partial charge in [0, 0.05) is 42.5 Å². The van der Waals surface area contributed by atoms with Crippen molar-refractivity contribution in [2.24, 2.45) is 7.05 Å². The monoisotopic (exact) mass is 459 g/mol. The summed E-state index contributed by atoms with van der Waals surface area (Å²) in [7, 11) is 1.86. The number of aliphatic hydroxyl groups excluding tert-OH is 1. The Kier molecular flexibility index (Phi) is 4.91. The summed E-state index contributed by atoms with van der Waals surface area (Å²) in [5, 5.41) is 18.9. The summed E-state index contributed by atoms with van der Waals surface area (Å²) in [6.45, 7) is 0.928. The molecule has 1 N–H and O–H groups in total. The quantitative estimate of drug-likeness (QED) is 0.686. The number of anilines is 1. The minimum atomic E-state index is -4.69. The largest absolute Gasteiger partial charge is 0.418 e.